The van der Waals surface area contributed by atoms with E-state index in [4.69, 9.17) is 5.73 Å². The van der Waals surface area contributed by atoms with Gasteiger partial charge in [0.15, 0.2) is 5.04 Å². The number of nitrogens with zero attached hydrogens (tertiary/aromatic N) is 1. The summed E-state index contributed by atoms with van der Waals surface area (Å²) in [4.78, 5) is 11.5. The number of nitrogens with two attached hydrogens (primary N) is 1. The summed E-state index contributed by atoms with van der Waals surface area (Å²) in [6.45, 7) is 0. The quantitative estimate of drug-likeness (QED) is 0.676. The molecule has 6 nitrogen and oxygen atoms in total. The SMILES string of the molecule is NC(=O)NS(=O)(=O)C1=NSc2ccccc2C1. The van der Waals surface area contributed by atoms with Crippen LogP contribution < -0.4 is 10.5 Å². The lowest BCUT2D eigenvalue weighted by Crippen LogP contribution is -2.40. The molecule has 3 N–H and O–H groups in total. The van der Waals surface area contributed by atoms with Crippen molar-refractivity contribution in [3.63, 3.8) is 0 Å². The predicted molar refractivity (Wildman–Crippen MR) is 65.1 cm³/mol. The summed E-state index contributed by atoms with van der Waals surface area (Å²) in [5.41, 5.74) is 5.65. The number of hydrogen-bond donors (Lipinski definition) is 2. The Hall–Kier alpha value is -1.54. The number of primary amides is 1. The van der Waals surface area contributed by atoms with Crippen molar-refractivity contribution in [3.8, 4) is 0 Å². The second kappa shape index (κ2) is 4.38. The summed E-state index contributed by atoms with van der Waals surface area (Å²) < 4.78 is 28.9. The lowest BCUT2D eigenvalue weighted by molar-refractivity contribution is 0.253. The van der Waals surface area contributed by atoms with Crippen LogP contribution in [0.3, 0.4) is 0 Å². The van der Waals surface area contributed by atoms with Crippen LogP contribution in [0.5, 0.6) is 0 Å². The van der Waals surface area contributed by atoms with E-state index in [1.165, 1.54) is 0 Å². The minimum absolute atomic E-state index is 0.0972. The average Bonchev–Trinajstić information content (AvgIpc) is 2.26. The molecule has 1 heterocycles. The maximum Gasteiger partial charge on any atom is 0.326 e. The summed E-state index contributed by atoms with van der Waals surface area (Å²) in [6, 6.07) is 6.22. The smallest absolute Gasteiger partial charge is 0.326 e. The van der Waals surface area contributed by atoms with Crippen LogP contribution in [0.25, 0.3) is 0 Å². The van der Waals surface area contributed by atoms with Crippen LogP contribution in [0, 0.1) is 0 Å². The fraction of sp³-hybridized carbons (Fsp3) is 0.111. The number of sulfonamides is 1. The van der Waals surface area contributed by atoms with E-state index in [9.17, 15) is 13.2 Å². The van der Waals surface area contributed by atoms with Crippen molar-refractivity contribution in [2.24, 2.45) is 10.1 Å². The number of urea groups is 1. The fourth-order valence-corrected chi connectivity index (χ4v) is 3.26. The molecule has 8 heteroatoms. The van der Waals surface area contributed by atoms with Gasteiger partial charge in [0.1, 0.15) is 0 Å². The molecule has 2 rings (SSSR count). The van der Waals surface area contributed by atoms with E-state index in [2.05, 4.69) is 4.40 Å². The van der Waals surface area contributed by atoms with E-state index in [0.29, 0.717) is 0 Å². The van der Waals surface area contributed by atoms with Crippen LogP contribution in [0.15, 0.2) is 33.6 Å². The minimum Gasteiger partial charge on any atom is -0.351 e. The topological polar surface area (TPSA) is 102 Å². The highest BCUT2D eigenvalue weighted by Gasteiger charge is 2.25. The second-order valence-corrected chi connectivity index (χ2v) is 5.82. The Balaban J connectivity index is 2.28. The molecule has 0 aromatic heterocycles. The molecule has 0 unspecified atom stereocenters. The van der Waals surface area contributed by atoms with Crippen molar-refractivity contribution < 1.29 is 13.2 Å². The number of carbonyl (C=O) groups excluding carboxylic acids is 1. The molecule has 1 aromatic rings. The Morgan fingerprint density at radius 1 is 1.41 bits per heavy atom. The van der Waals surface area contributed by atoms with E-state index in [1.54, 1.807) is 4.72 Å². The first-order chi connectivity index (χ1) is 7.99. The first-order valence-corrected chi connectivity index (χ1v) is 6.89. The monoisotopic (exact) mass is 271 g/mol. The summed E-state index contributed by atoms with van der Waals surface area (Å²) in [6.07, 6.45) is 0.159. The van der Waals surface area contributed by atoms with Crippen LogP contribution in [-0.2, 0) is 16.4 Å². The van der Waals surface area contributed by atoms with Gasteiger partial charge in [-0.3, -0.25) is 0 Å². The molecule has 1 aliphatic rings. The Bertz CT molecular complexity index is 595. The highest BCUT2D eigenvalue weighted by Crippen LogP contribution is 2.29. The summed E-state index contributed by atoms with van der Waals surface area (Å²) in [5.74, 6) is 0. The van der Waals surface area contributed by atoms with Gasteiger partial charge >= 0.3 is 6.03 Å². The number of hydrogen-bond acceptors (Lipinski definition) is 5. The van der Waals surface area contributed by atoms with Crippen LogP contribution in [0.4, 0.5) is 4.79 Å². The molecular formula is C9H9N3O3S2. The third kappa shape index (κ3) is 2.59. The molecule has 0 saturated carbocycles. The molecule has 2 amide bonds. The van der Waals surface area contributed by atoms with E-state index in [-0.39, 0.29) is 11.5 Å². The molecule has 1 aliphatic heterocycles. The van der Waals surface area contributed by atoms with E-state index in [1.807, 2.05) is 24.3 Å². The Morgan fingerprint density at radius 3 is 2.82 bits per heavy atom. The zero-order chi connectivity index (χ0) is 12.5. The van der Waals surface area contributed by atoms with Gasteiger partial charge in [-0.05, 0) is 11.6 Å². The highest BCUT2D eigenvalue weighted by atomic mass is 32.2. The van der Waals surface area contributed by atoms with E-state index >= 15 is 0 Å². The van der Waals surface area contributed by atoms with Crippen molar-refractivity contribution in [2.45, 2.75) is 11.3 Å². The van der Waals surface area contributed by atoms with Gasteiger partial charge in [-0.15, -0.1) is 0 Å². The summed E-state index contributed by atoms with van der Waals surface area (Å²) >= 11 is 1.07. The van der Waals surface area contributed by atoms with Crippen molar-refractivity contribution >= 4 is 33.0 Å². The van der Waals surface area contributed by atoms with E-state index in [0.717, 1.165) is 22.4 Å². The molecule has 1 aromatic carbocycles. The molecule has 0 saturated heterocycles. The molecule has 0 aliphatic carbocycles. The minimum atomic E-state index is -3.92. The van der Waals surface area contributed by atoms with Gasteiger partial charge in [-0.25, -0.2) is 13.9 Å². The number of fused-ring (bicyclic) bond motifs is 1. The fourth-order valence-electron chi connectivity index (χ4n) is 1.37. The molecular weight excluding hydrogens is 262 g/mol. The van der Waals surface area contributed by atoms with Gasteiger partial charge in [-0.1, -0.05) is 18.2 Å². The third-order valence-electron chi connectivity index (χ3n) is 2.11. The second-order valence-electron chi connectivity index (χ2n) is 3.33. The van der Waals surface area contributed by atoms with Gasteiger partial charge < -0.3 is 5.73 Å². The summed E-state index contributed by atoms with van der Waals surface area (Å²) in [7, 11) is -3.92. The molecule has 90 valence electrons. The van der Waals surface area contributed by atoms with Crippen LogP contribution in [0.2, 0.25) is 0 Å². The Morgan fingerprint density at radius 2 is 2.12 bits per heavy atom. The molecule has 0 radical (unpaired) electrons. The van der Waals surface area contributed by atoms with Crippen LogP contribution in [0.1, 0.15) is 5.56 Å². The maximum absolute atomic E-state index is 11.6. The first-order valence-electron chi connectivity index (χ1n) is 4.63. The van der Waals surface area contributed by atoms with Gasteiger partial charge in [-0.2, -0.15) is 8.42 Å². The zero-order valence-electron chi connectivity index (χ0n) is 8.58. The normalized spacial score (nSPS) is 14.7. The lowest BCUT2D eigenvalue weighted by Gasteiger charge is -2.14. The van der Waals surface area contributed by atoms with Gasteiger partial charge in [0.2, 0.25) is 0 Å². The Labute approximate surface area is 102 Å². The summed E-state index contributed by atoms with van der Waals surface area (Å²) in [5, 5.41) is -0.0972. The molecule has 0 spiro atoms. The average molecular weight is 271 g/mol. The Kier molecular flexibility index (Phi) is 3.07. The number of rotatable bonds is 0. The number of benzene rings is 1. The molecule has 0 atom stereocenters. The standard InChI is InChI=1S/C9H9N3O3S2/c10-9(13)12-17(14,15)8-5-6-3-1-2-4-7(6)16-11-8/h1-4H,5H2,(H3,10,12,13). The van der Waals surface area contributed by atoms with Crippen molar-refractivity contribution in [3.05, 3.63) is 29.8 Å². The van der Waals surface area contributed by atoms with Crippen molar-refractivity contribution in [1.82, 2.24) is 4.72 Å². The van der Waals surface area contributed by atoms with Crippen molar-refractivity contribution in [1.29, 1.82) is 0 Å². The first kappa shape index (κ1) is 11.9. The zero-order valence-corrected chi connectivity index (χ0v) is 10.2. The largest absolute Gasteiger partial charge is 0.351 e. The highest BCUT2D eigenvalue weighted by molar-refractivity contribution is 8.07. The number of nitrogens with one attached hydrogen (secondary N) is 1. The molecule has 17 heavy (non-hydrogen) atoms. The maximum atomic E-state index is 11.6. The van der Waals surface area contributed by atoms with Crippen LogP contribution in [-0.4, -0.2) is 19.5 Å². The third-order valence-corrected chi connectivity index (χ3v) is 4.45. The predicted octanol–water partition coefficient (Wildman–Crippen LogP) is 0.646. The van der Waals surface area contributed by atoms with E-state index < -0.39 is 16.1 Å². The van der Waals surface area contributed by atoms with Crippen LogP contribution >= 0.6 is 11.9 Å². The van der Waals surface area contributed by atoms with Gasteiger partial charge in [0.25, 0.3) is 10.0 Å². The number of carbonyl (C=O) groups is 1. The van der Waals surface area contributed by atoms with Gasteiger partial charge in [0, 0.05) is 23.3 Å². The number of amides is 2. The molecule has 0 fully saturated rings. The lowest BCUT2D eigenvalue weighted by atomic mass is 10.2. The van der Waals surface area contributed by atoms with Gasteiger partial charge in [0.05, 0.1) is 0 Å². The van der Waals surface area contributed by atoms with Crippen molar-refractivity contribution in [2.75, 3.05) is 0 Å². The molecule has 0 bridgehead atoms.